The molecule has 1 aromatic rings. The van der Waals surface area contributed by atoms with Crippen molar-refractivity contribution in [3.63, 3.8) is 0 Å². The normalized spacial score (nSPS) is 22.8. The fourth-order valence-electron chi connectivity index (χ4n) is 2.34. The number of carbonyl (C=O) groups excluding carboxylic acids is 1. The van der Waals surface area contributed by atoms with Crippen LogP contribution in [-0.4, -0.2) is 28.8 Å². The van der Waals surface area contributed by atoms with Gasteiger partial charge in [-0.2, -0.15) is 0 Å². The Bertz CT molecular complexity index is 428. The molecular formula is C14H23N3O2S. The first kappa shape index (κ1) is 15.3. The lowest BCUT2D eigenvalue weighted by atomic mass is 10.2. The van der Waals surface area contributed by atoms with E-state index in [9.17, 15) is 4.79 Å². The Morgan fingerprint density at radius 3 is 2.85 bits per heavy atom. The molecule has 0 saturated heterocycles. The summed E-state index contributed by atoms with van der Waals surface area (Å²) < 4.78 is 5.27. The summed E-state index contributed by atoms with van der Waals surface area (Å²) in [7, 11) is 0. The molecule has 1 fully saturated rings. The summed E-state index contributed by atoms with van der Waals surface area (Å²) in [6.07, 6.45) is 4.53. The van der Waals surface area contributed by atoms with Crippen LogP contribution in [0.4, 0.5) is 4.79 Å². The highest BCUT2D eigenvalue weighted by Crippen LogP contribution is 2.20. The number of alkyl carbamates (subject to hydrolysis) is 1. The minimum absolute atomic E-state index is 0.207. The molecule has 2 atom stereocenters. The van der Waals surface area contributed by atoms with Gasteiger partial charge in [-0.05, 0) is 40.0 Å². The number of ether oxygens (including phenoxy) is 1. The fraction of sp³-hybridized carbons (Fsp3) is 0.714. The smallest absolute Gasteiger partial charge is 0.407 e. The lowest BCUT2D eigenvalue weighted by Crippen LogP contribution is -2.38. The topological polar surface area (TPSA) is 63.2 Å². The summed E-state index contributed by atoms with van der Waals surface area (Å²) in [6.45, 7) is 6.43. The van der Waals surface area contributed by atoms with Gasteiger partial charge in [0, 0.05) is 30.2 Å². The zero-order valence-corrected chi connectivity index (χ0v) is 13.1. The van der Waals surface area contributed by atoms with Crippen LogP contribution in [0, 0.1) is 0 Å². The standard InChI is InChI=1S/C14H23N3O2S/c1-14(2,3)19-13(18)17-11-5-4-10(8-11)16-9-12-15-6-7-20-12/h6-7,10-11,16H,4-5,8-9H2,1-3H3,(H,17,18). The van der Waals surface area contributed by atoms with E-state index in [1.54, 1.807) is 11.3 Å². The minimum atomic E-state index is -0.439. The zero-order valence-electron chi connectivity index (χ0n) is 12.3. The summed E-state index contributed by atoms with van der Waals surface area (Å²) in [5.41, 5.74) is -0.439. The Kier molecular flexibility index (Phi) is 4.99. The van der Waals surface area contributed by atoms with Crippen molar-refractivity contribution in [3.05, 3.63) is 16.6 Å². The van der Waals surface area contributed by atoms with E-state index in [0.717, 1.165) is 30.8 Å². The van der Waals surface area contributed by atoms with Gasteiger partial charge in [-0.3, -0.25) is 0 Å². The maximum atomic E-state index is 11.7. The zero-order chi connectivity index (χ0) is 14.6. The van der Waals surface area contributed by atoms with Crippen molar-refractivity contribution in [1.82, 2.24) is 15.6 Å². The molecule has 0 bridgehead atoms. The van der Waals surface area contributed by atoms with Crippen molar-refractivity contribution in [1.29, 1.82) is 0 Å². The third-order valence-electron chi connectivity index (χ3n) is 3.18. The van der Waals surface area contributed by atoms with E-state index < -0.39 is 5.60 Å². The maximum Gasteiger partial charge on any atom is 0.407 e. The number of hydrogen-bond acceptors (Lipinski definition) is 5. The van der Waals surface area contributed by atoms with Gasteiger partial charge in [0.05, 0.1) is 0 Å². The summed E-state index contributed by atoms with van der Waals surface area (Å²) >= 11 is 1.66. The molecule has 0 aromatic carbocycles. The molecule has 6 heteroatoms. The van der Waals surface area contributed by atoms with E-state index in [1.165, 1.54) is 0 Å². The van der Waals surface area contributed by atoms with Crippen LogP contribution in [0.15, 0.2) is 11.6 Å². The highest BCUT2D eigenvalue weighted by atomic mass is 32.1. The van der Waals surface area contributed by atoms with Crippen LogP contribution in [-0.2, 0) is 11.3 Å². The predicted molar refractivity (Wildman–Crippen MR) is 79.8 cm³/mol. The number of aromatic nitrogens is 1. The van der Waals surface area contributed by atoms with Crippen LogP contribution < -0.4 is 10.6 Å². The van der Waals surface area contributed by atoms with Crippen LogP contribution in [0.5, 0.6) is 0 Å². The quantitative estimate of drug-likeness (QED) is 0.897. The second-order valence-electron chi connectivity index (χ2n) is 6.16. The Morgan fingerprint density at radius 2 is 2.20 bits per heavy atom. The fourth-order valence-corrected chi connectivity index (χ4v) is 2.91. The molecule has 1 aliphatic rings. The van der Waals surface area contributed by atoms with E-state index in [0.29, 0.717) is 6.04 Å². The maximum absolute atomic E-state index is 11.7. The van der Waals surface area contributed by atoms with Crippen molar-refractivity contribution in [3.8, 4) is 0 Å². The van der Waals surface area contributed by atoms with Crippen molar-refractivity contribution >= 4 is 17.4 Å². The third-order valence-corrected chi connectivity index (χ3v) is 3.96. The van der Waals surface area contributed by atoms with E-state index in [-0.39, 0.29) is 12.1 Å². The van der Waals surface area contributed by atoms with Gasteiger partial charge in [-0.1, -0.05) is 0 Å². The van der Waals surface area contributed by atoms with Gasteiger partial charge in [-0.15, -0.1) is 11.3 Å². The van der Waals surface area contributed by atoms with Gasteiger partial charge in [0.1, 0.15) is 10.6 Å². The Hall–Kier alpha value is -1.14. The minimum Gasteiger partial charge on any atom is -0.444 e. The lowest BCUT2D eigenvalue weighted by Gasteiger charge is -2.21. The summed E-state index contributed by atoms with van der Waals surface area (Å²) in [4.78, 5) is 16.0. The van der Waals surface area contributed by atoms with Crippen molar-refractivity contribution in [2.75, 3.05) is 0 Å². The second-order valence-corrected chi connectivity index (χ2v) is 7.14. The lowest BCUT2D eigenvalue weighted by molar-refractivity contribution is 0.0505. The Morgan fingerprint density at radius 1 is 1.45 bits per heavy atom. The first-order valence-electron chi connectivity index (χ1n) is 7.03. The Balaban J connectivity index is 1.68. The van der Waals surface area contributed by atoms with Crippen molar-refractivity contribution in [2.45, 2.75) is 64.3 Å². The molecule has 0 spiro atoms. The van der Waals surface area contributed by atoms with Crippen LogP contribution in [0.2, 0.25) is 0 Å². The van der Waals surface area contributed by atoms with Gasteiger partial charge in [0.2, 0.25) is 0 Å². The highest BCUT2D eigenvalue weighted by Gasteiger charge is 2.27. The first-order valence-corrected chi connectivity index (χ1v) is 7.91. The van der Waals surface area contributed by atoms with Crippen LogP contribution >= 0.6 is 11.3 Å². The predicted octanol–water partition coefficient (Wildman–Crippen LogP) is 2.68. The average Bonchev–Trinajstić information content (AvgIpc) is 2.94. The average molecular weight is 297 g/mol. The molecule has 1 saturated carbocycles. The van der Waals surface area contributed by atoms with E-state index in [1.807, 2.05) is 32.3 Å². The number of thiazole rings is 1. The van der Waals surface area contributed by atoms with Crippen LogP contribution in [0.1, 0.15) is 45.0 Å². The molecule has 1 amide bonds. The molecule has 2 unspecified atom stereocenters. The number of nitrogens with zero attached hydrogens (tertiary/aromatic N) is 1. The number of nitrogens with one attached hydrogen (secondary N) is 2. The van der Waals surface area contributed by atoms with Gasteiger partial charge >= 0.3 is 6.09 Å². The third kappa shape index (κ3) is 5.09. The van der Waals surface area contributed by atoms with Gasteiger partial charge in [-0.25, -0.2) is 9.78 Å². The van der Waals surface area contributed by atoms with Gasteiger partial charge in [0.15, 0.2) is 0 Å². The molecule has 1 aromatic heterocycles. The molecule has 2 rings (SSSR count). The number of hydrogen-bond donors (Lipinski definition) is 2. The number of carbonyl (C=O) groups is 1. The van der Waals surface area contributed by atoms with Crippen molar-refractivity contribution in [2.24, 2.45) is 0 Å². The molecule has 5 nitrogen and oxygen atoms in total. The van der Waals surface area contributed by atoms with Crippen LogP contribution in [0.25, 0.3) is 0 Å². The second kappa shape index (κ2) is 6.54. The molecule has 2 N–H and O–H groups in total. The summed E-state index contributed by atoms with van der Waals surface area (Å²) in [5.74, 6) is 0. The van der Waals surface area contributed by atoms with E-state index >= 15 is 0 Å². The summed E-state index contributed by atoms with van der Waals surface area (Å²) in [6, 6.07) is 0.650. The van der Waals surface area contributed by atoms with Gasteiger partial charge in [0.25, 0.3) is 0 Å². The number of amides is 1. The van der Waals surface area contributed by atoms with Crippen molar-refractivity contribution < 1.29 is 9.53 Å². The highest BCUT2D eigenvalue weighted by molar-refractivity contribution is 7.09. The van der Waals surface area contributed by atoms with E-state index in [2.05, 4.69) is 15.6 Å². The monoisotopic (exact) mass is 297 g/mol. The van der Waals surface area contributed by atoms with Crippen LogP contribution in [0.3, 0.4) is 0 Å². The largest absolute Gasteiger partial charge is 0.444 e. The molecule has 112 valence electrons. The molecule has 1 aliphatic carbocycles. The SMILES string of the molecule is CC(C)(C)OC(=O)NC1CCC(NCc2nccs2)C1. The molecule has 0 radical (unpaired) electrons. The molecular weight excluding hydrogens is 274 g/mol. The Labute approximate surface area is 124 Å². The van der Waals surface area contributed by atoms with E-state index in [4.69, 9.17) is 4.74 Å². The molecule has 20 heavy (non-hydrogen) atoms. The first-order chi connectivity index (χ1) is 9.42. The summed E-state index contributed by atoms with van der Waals surface area (Å²) in [5, 5.41) is 9.53. The molecule has 0 aliphatic heterocycles. The van der Waals surface area contributed by atoms with Gasteiger partial charge < -0.3 is 15.4 Å². The molecule has 1 heterocycles. The number of rotatable bonds is 4.